The second-order valence-electron chi connectivity index (χ2n) is 3.22. The number of rotatable bonds is 2. The summed E-state index contributed by atoms with van der Waals surface area (Å²) < 4.78 is 38.6. The Morgan fingerprint density at radius 1 is 1.24 bits per heavy atom. The van der Waals surface area contributed by atoms with Gasteiger partial charge in [0, 0.05) is 11.4 Å². The Morgan fingerprint density at radius 2 is 2.00 bits per heavy atom. The zero-order chi connectivity index (χ0) is 16.4. The van der Waals surface area contributed by atoms with Gasteiger partial charge in [-0.2, -0.15) is 0 Å². The second kappa shape index (κ2) is 5.13. The molecule has 1 N–H and O–H groups in total. The zero-order valence-electron chi connectivity index (χ0n) is 14.5. The maximum absolute atomic E-state index is 7.85. The van der Waals surface area contributed by atoms with Crippen LogP contribution in [0.25, 0.3) is 0 Å². The molecule has 1 aromatic heterocycles. The van der Waals surface area contributed by atoms with Crippen LogP contribution in [-0.2, 0) is 0 Å². The van der Waals surface area contributed by atoms with E-state index in [1.165, 1.54) is 0 Å². The molecule has 0 aliphatic heterocycles. The largest absolute Gasteiger partial charge is 0.324 e. The topological polar surface area (TPSA) is 37.8 Å². The molecule has 2 aromatic rings. The molecule has 1 aromatic carbocycles. The average molecular weight is 228 g/mol. The third kappa shape index (κ3) is 3.05. The smallest absolute Gasteiger partial charge is 0.228 e. The van der Waals surface area contributed by atoms with Crippen LogP contribution in [0.2, 0.25) is 0 Å². The maximum Gasteiger partial charge on any atom is 0.228 e. The first-order chi connectivity index (χ1) is 10.3. The average Bonchev–Trinajstić information content (AvgIpc) is 2.47. The fourth-order valence-corrected chi connectivity index (χ4v) is 1.24. The van der Waals surface area contributed by atoms with Crippen molar-refractivity contribution in [2.75, 3.05) is 5.32 Å². The van der Waals surface area contributed by atoms with Crippen molar-refractivity contribution in [3.05, 3.63) is 47.7 Å². The number of aromatic nitrogens is 2. The highest BCUT2D eigenvalue weighted by molar-refractivity contribution is 5.53. The van der Waals surface area contributed by atoms with E-state index >= 15 is 0 Å². The van der Waals surface area contributed by atoms with Gasteiger partial charge in [-0.05, 0) is 37.9 Å². The van der Waals surface area contributed by atoms with Gasteiger partial charge in [-0.25, -0.2) is 9.97 Å². The number of nitrogens with one attached hydrogen (secondary N) is 1. The van der Waals surface area contributed by atoms with E-state index in [0.717, 1.165) is 0 Å². The summed E-state index contributed by atoms with van der Waals surface area (Å²) in [5.74, 6) is 5.66. The number of hydrogen-bond acceptors (Lipinski definition) is 3. The molecule has 84 valence electrons. The Kier molecular flexibility index (Phi) is 1.93. The summed E-state index contributed by atoms with van der Waals surface area (Å²) in [5.41, 5.74) is 1.08. The molecule has 0 unspecified atom stereocenters. The van der Waals surface area contributed by atoms with Crippen molar-refractivity contribution in [3.63, 3.8) is 0 Å². The van der Waals surface area contributed by atoms with Crippen molar-refractivity contribution in [1.29, 1.82) is 0 Å². The minimum atomic E-state index is -0.441. The Morgan fingerprint density at radius 3 is 2.71 bits per heavy atom. The van der Waals surface area contributed by atoms with Gasteiger partial charge < -0.3 is 5.32 Å². The second-order valence-corrected chi connectivity index (χ2v) is 3.22. The number of anilines is 2. The van der Waals surface area contributed by atoms with Crippen LogP contribution in [0.5, 0.6) is 0 Å². The van der Waals surface area contributed by atoms with E-state index in [0.29, 0.717) is 11.4 Å². The van der Waals surface area contributed by atoms with Gasteiger partial charge in [0.25, 0.3) is 0 Å². The molecule has 0 radical (unpaired) electrons. The first-order valence-corrected chi connectivity index (χ1v) is 4.97. The van der Waals surface area contributed by atoms with Crippen LogP contribution in [0.3, 0.4) is 0 Å². The Balaban J connectivity index is 2.54. The molecule has 0 bridgehead atoms. The van der Waals surface area contributed by atoms with Gasteiger partial charge in [0.05, 0.1) is 6.85 Å². The third-order valence-corrected chi connectivity index (χ3v) is 1.84. The summed E-state index contributed by atoms with van der Waals surface area (Å²) in [5, 5.41) is 2.70. The van der Waals surface area contributed by atoms with E-state index < -0.39 is 18.1 Å². The number of aryl methyl sites for hydroxylation is 1. The summed E-state index contributed by atoms with van der Waals surface area (Å²) in [4.78, 5) is 8.30. The number of para-hydroxylation sites is 1. The molecule has 0 atom stereocenters. The SMILES string of the molecule is [2H]c1c([2H])c([2H])c(Nc2nc(C)cc(C#CC)n2)c([2H])c1[2H]. The van der Waals surface area contributed by atoms with Gasteiger partial charge in [-0.15, -0.1) is 0 Å². The van der Waals surface area contributed by atoms with E-state index in [-0.39, 0.29) is 23.7 Å². The first-order valence-electron chi connectivity index (χ1n) is 7.47. The van der Waals surface area contributed by atoms with Crippen LogP contribution in [0.1, 0.15) is 25.2 Å². The fourth-order valence-electron chi connectivity index (χ4n) is 1.24. The molecule has 0 saturated carbocycles. The van der Waals surface area contributed by atoms with Crippen LogP contribution in [0.15, 0.2) is 36.3 Å². The molecule has 1 heterocycles. The molecule has 17 heavy (non-hydrogen) atoms. The molecule has 0 spiro atoms. The molecular weight excluding hydrogens is 210 g/mol. The Bertz CT molecular complexity index is 779. The Hall–Kier alpha value is -2.34. The number of hydrogen-bond donors (Lipinski definition) is 1. The highest BCUT2D eigenvalue weighted by Gasteiger charge is 2.00. The lowest BCUT2D eigenvalue weighted by molar-refractivity contribution is 1.09. The molecule has 0 saturated heterocycles. The lowest BCUT2D eigenvalue weighted by atomic mass is 10.3. The van der Waals surface area contributed by atoms with Gasteiger partial charge in [-0.3, -0.25) is 0 Å². The first kappa shape index (κ1) is 6.41. The zero-order valence-corrected chi connectivity index (χ0v) is 9.47. The minimum absolute atomic E-state index is 0.0630. The van der Waals surface area contributed by atoms with Crippen molar-refractivity contribution in [2.45, 2.75) is 13.8 Å². The van der Waals surface area contributed by atoms with Gasteiger partial charge in [-0.1, -0.05) is 24.0 Å². The highest BCUT2D eigenvalue weighted by Crippen LogP contribution is 2.12. The van der Waals surface area contributed by atoms with Crippen LogP contribution in [0, 0.1) is 18.8 Å². The summed E-state index contributed by atoms with van der Waals surface area (Å²) in [6.45, 7) is 3.44. The molecule has 2 rings (SSSR count). The van der Waals surface area contributed by atoms with E-state index in [4.69, 9.17) is 6.85 Å². The van der Waals surface area contributed by atoms with Crippen molar-refractivity contribution in [1.82, 2.24) is 9.97 Å². The lowest BCUT2D eigenvalue weighted by Crippen LogP contribution is -2.00. The van der Waals surface area contributed by atoms with Crippen molar-refractivity contribution in [3.8, 4) is 11.8 Å². The minimum Gasteiger partial charge on any atom is -0.324 e. The third-order valence-electron chi connectivity index (χ3n) is 1.84. The highest BCUT2D eigenvalue weighted by atomic mass is 15.1. The predicted octanol–water partition coefficient (Wildman–Crippen LogP) is 2.90. The van der Waals surface area contributed by atoms with Crippen molar-refractivity contribution < 1.29 is 6.85 Å². The van der Waals surface area contributed by atoms with Crippen LogP contribution in [-0.4, -0.2) is 9.97 Å². The van der Waals surface area contributed by atoms with E-state index in [1.54, 1.807) is 19.9 Å². The molecular formula is C14H13N3. The van der Waals surface area contributed by atoms with Gasteiger partial charge in [0.1, 0.15) is 5.69 Å². The molecule has 0 fully saturated rings. The number of benzene rings is 1. The number of nitrogens with zero attached hydrogens (tertiary/aromatic N) is 2. The van der Waals surface area contributed by atoms with E-state index in [9.17, 15) is 0 Å². The molecule has 0 aliphatic carbocycles. The summed E-state index contributed by atoms with van der Waals surface area (Å²) >= 11 is 0. The van der Waals surface area contributed by atoms with Gasteiger partial charge in [0.15, 0.2) is 0 Å². The molecule has 3 heteroatoms. The quantitative estimate of drug-likeness (QED) is 0.803. The van der Waals surface area contributed by atoms with Gasteiger partial charge >= 0.3 is 0 Å². The fraction of sp³-hybridized carbons (Fsp3) is 0.143. The van der Waals surface area contributed by atoms with Crippen molar-refractivity contribution >= 4 is 11.6 Å². The molecule has 0 aliphatic rings. The summed E-state index contributed by atoms with van der Waals surface area (Å²) in [6, 6.07) is -0.236. The van der Waals surface area contributed by atoms with Crippen molar-refractivity contribution in [2.24, 2.45) is 0 Å². The molecule has 0 amide bonds. The normalized spacial score (nSPS) is 13.4. The predicted molar refractivity (Wildman–Crippen MR) is 69.0 cm³/mol. The van der Waals surface area contributed by atoms with Crippen LogP contribution >= 0.6 is 0 Å². The monoisotopic (exact) mass is 228 g/mol. The van der Waals surface area contributed by atoms with Crippen LogP contribution < -0.4 is 5.32 Å². The van der Waals surface area contributed by atoms with Gasteiger partial charge in [0.2, 0.25) is 5.95 Å². The standard InChI is InChI=1S/C14H13N3/c1-3-7-13-10-11(2)15-14(17-13)16-12-8-5-4-6-9-12/h4-6,8-10H,1-2H3,(H,15,16,17)/i4D,5D,6D,8D,9D. The summed E-state index contributed by atoms with van der Waals surface area (Å²) in [7, 11) is 0. The lowest BCUT2D eigenvalue weighted by Gasteiger charge is -2.05. The maximum atomic E-state index is 7.85. The Labute approximate surface area is 108 Å². The molecule has 3 nitrogen and oxygen atoms in total. The van der Waals surface area contributed by atoms with Crippen LogP contribution in [0.4, 0.5) is 11.6 Å². The van der Waals surface area contributed by atoms with E-state index in [2.05, 4.69) is 27.1 Å². The summed E-state index contributed by atoms with van der Waals surface area (Å²) in [6.07, 6.45) is 0. The van der Waals surface area contributed by atoms with E-state index in [1.807, 2.05) is 0 Å².